The maximum absolute atomic E-state index is 3.89. The van der Waals surface area contributed by atoms with Gasteiger partial charge in [-0.2, -0.15) is 0 Å². The fourth-order valence-corrected chi connectivity index (χ4v) is 2.53. The van der Waals surface area contributed by atoms with Crippen molar-refractivity contribution in [3.05, 3.63) is 12.7 Å². The quantitative estimate of drug-likeness (QED) is 0.725. The number of likely N-dealkylation sites (N-methyl/N-ethyl adjacent to an activating group) is 1. The molecule has 1 saturated heterocycles. The minimum absolute atomic E-state index is 0.262. The minimum Gasteiger partial charge on any atom is -0.315 e. The van der Waals surface area contributed by atoms with Crippen LogP contribution in [-0.4, -0.2) is 61.7 Å². The van der Waals surface area contributed by atoms with Crippen LogP contribution in [-0.2, 0) is 0 Å². The van der Waals surface area contributed by atoms with Crippen LogP contribution in [0.1, 0.15) is 20.3 Å². The SMILES string of the molecule is C=CCN1C(CN(C)C)CNCCC1(C)C. The molecular weight excluding hydrogens is 198 g/mol. The standard InChI is InChI=1S/C13H27N3/c1-6-9-16-12(11-15(4)5)10-14-8-7-13(16,2)3/h6,12,14H,1,7-11H2,2-5H3. The average Bonchev–Trinajstić information content (AvgIpc) is 2.29. The van der Waals surface area contributed by atoms with Gasteiger partial charge in [0.25, 0.3) is 0 Å². The van der Waals surface area contributed by atoms with Gasteiger partial charge in [-0.05, 0) is 40.9 Å². The molecule has 3 heteroatoms. The van der Waals surface area contributed by atoms with Gasteiger partial charge in [0.2, 0.25) is 0 Å². The van der Waals surface area contributed by atoms with Crippen molar-refractivity contribution in [3.8, 4) is 0 Å². The predicted octanol–water partition coefficient (Wildman–Crippen LogP) is 1.18. The second-order valence-electron chi connectivity index (χ2n) is 5.62. The maximum Gasteiger partial charge on any atom is 0.0356 e. The van der Waals surface area contributed by atoms with Gasteiger partial charge in [0, 0.05) is 31.2 Å². The van der Waals surface area contributed by atoms with Crippen molar-refractivity contribution in [2.75, 3.05) is 40.3 Å². The first-order valence-corrected chi connectivity index (χ1v) is 6.20. The topological polar surface area (TPSA) is 18.5 Å². The van der Waals surface area contributed by atoms with E-state index >= 15 is 0 Å². The normalized spacial score (nSPS) is 26.7. The zero-order valence-corrected chi connectivity index (χ0v) is 11.3. The van der Waals surface area contributed by atoms with E-state index in [0.29, 0.717) is 6.04 Å². The third-order valence-electron chi connectivity index (χ3n) is 3.41. The van der Waals surface area contributed by atoms with Gasteiger partial charge >= 0.3 is 0 Å². The van der Waals surface area contributed by atoms with Crippen LogP contribution in [0.3, 0.4) is 0 Å². The van der Waals surface area contributed by atoms with E-state index in [2.05, 4.69) is 49.6 Å². The Morgan fingerprint density at radius 1 is 1.50 bits per heavy atom. The summed E-state index contributed by atoms with van der Waals surface area (Å²) in [6.07, 6.45) is 3.22. The van der Waals surface area contributed by atoms with Crippen molar-refractivity contribution < 1.29 is 0 Å². The van der Waals surface area contributed by atoms with Gasteiger partial charge in [0.1, 0.15) is 0 Å². The summed E-state index contributed by atoms with van der Waals surface area (Å²) in [5.41, 5.74) is 0.262. The van der Waals surface area contributed by atoms with Crippen LogP contribution in [0.2, 0.25) is 0 Å². The fourth-order valence-electron chi connectivity index (χ4n) is 2.53. The molecule has 1 atom stereocenters. The zero-order valence-electron chi connectivity index (χ0n) is 11.3. The van der Waals surface area contributed by atoms with Crippen molar-refractivity contribution in [1.82, 2.24) is 15.1 Å². The molecule has 0 spiro atoms. The highest BCUT2D eigenvalue weighted by atomic mass is 15.3. The van der Waals surface area contributed by atoms with Gasteiger partial charge in [-0.25, -0.2) is 0 Å². The molecule has 0 aromatic heterocycles. The summed E-state index contributed by atoms with van der Waals surface area (Å²) in [6, 6.07) is 0.575. The number of nitrogens with zero attached hydrogens (tertiary/aromatic N) is 2. The monoisotopic (exact) mass is 225 g/mol. The Balaban J connectivity index is 2.79. The van der Waals surface area contributed by atoms with Crippen molar-refractivity contribution in [2.24, 2.45) is 0 Å². The summed E-state index contributed by atoms with van der Waals surface area (Å²) in [5, 5.41) is 3.54. The van der Waals surface area contributed by atoms with E-state index < -0.39 is 0 Å². The van der Waals surface area contributed by atoms with Crippen LogP contribution < -0.4 is 5.32 Å². The molecule has 1 rings (SSSR count). The average molecular weight is 225 g/mol. The highest BCUT2D eigenvalue weighted by Crippen LogP contribution is 2.23. The van der Waals surface area contributed by atoms with Gasteiger partial charge in [0.05, 0.1) is 0 Å². The van der Waals surface area contributed by atoms with Crippen LogP contribution in [0.4, 0.5) is 0 Å². The lowest BCUT2D eigenvalue weighted by Gasteiger charge is -2.42. The molecule has 3 nitrogen and oxygen atoms in total. The molecule has 0 bridgehead atoms. The van der Waals surface area contributed by atoms with Crippen molar-refractivity contribution in [3.63, 3.8) is 0 Å². The van der Waals surface area contributed by atoms with Crippen molar-refractivity contribution in [1.29, 1.82) is 0 Å². The molecule has 16 heavy (non-hydrogen) atoms. The summed E-state index contributed by atoms with van der Waals surface area (Å²) < 4.78 is 0. The van der Waals surface area contributed by atoms with Gasteiger partial charge in [0.15, 0.2) is 0 Å². The smallest absolute Gasteiger partial charge is 0.0356 e. The Kier molecular flexibility index (Phi) is 4.96. The van der Waals surface area contributed by atoms with E-state index in [9.17, 15) is 0 Å². The summed E-state index contributed by atoms with van der Waals surface area (Å²) in [4.78, 5) is 4.85. The Labute approximate surface area is 100 Å². The fraction of sp³-hybridized carbons (Fsp3) is 0.846. The number of rotatable bonds is 4. The number of hydrogen-bond donors (Lipinski definition) is 1. The van der Waals surface area contributed by atoms with Gasteiger partial charge in [-0.15, -0.1) is 6.58 Å². The molecule has 1 unspecified atom stereocenters. The third-order valence-corrected chi connectivity index (χ3v) is 3.41. The Morgan fingerprint density at radius 3 is 2.75 bits per heavy atom. The van der Waals surface area contributed by atoms with E-state index in [1.165, 1.54) is 6.42 Å². The number of hydrogen-bond acceptors (Lipinski definition) is 3. The molecule has 1 N–H and O–H groups in total. The Morgan fingerprint density at radius 2 is 2.19 bits per heavy atom. The first kappa shape index (κ1) is 13.7. The largest absolute Gasteiger partial charge is 0.315 e. The third kappa shape index (κ3) is 3.58. The van der Waals surface area contributed by atoms with Crippen LogP contribution in [0.25, 0.3) is 0 Å². The molecule has 0 aliphatic carbocycles. The zero-order chi connectivity index (χ0) is 12.2. The van der Waals surface area contributed by atoms with Gasteiger partial charge < -0.3 is 10.2 Å². The molecule has 0 radical (unpaired) electrons. The summed E-state index contributed by atoms with van der Waals surface area (Å²) in [6.45, 7) is 12.8. The van der Waals surface area contributed by atoms with Crippen molar-refractivity contribution >= 4 is 0 Å². The molecule has 1 aliphatic heterocycles. The van der Waals surface area contributed by atoms with Crippen molar-refractivity contribution in [2.45, 2.75) is 31.8 Å². The molecule has 0 aromatic carbocycles. The van der Waals surface area contributed by atoms with Gasteiger partial charge in [-0.3, -0.25) is 4.90 Å². The predicted molar refractivity (Wildman–Crippen MR) is 70.8 cm³/mol. The Hall–Kier alpha value is -0.380. The molecule has 0 amide bonds. The lowest BCUT2D eigenvalue weighted by atomic mass is 9.96. The first-order chi connectivity index (χ1) is 7.47. The first-order valence-electron chi connectivity index (χ1n) is 6.20. The van der Waals surface area contributed by atoms with E-state index in [0.717, 1.165) is 26.2 Å². The second-order valence-corrected chi connectivity index (χ2v) is 5.62. The van der Waals surface area contributed by atoms with Gasteiger partial charge in [-0.1, -0.05) is 6.08 Å². The molecule has 0 saturated carbocycles. The molecule has 1 heterocycles. The van der Waals surface area contributed by atoms with Crippen LogP contribution >= 0.6 is 0 Å². The maximum atomic E-state index is 3.89. The molecular formula is C13H27N3. The molecule has 0 aromatic rings. The van der Waals surface area contributed by atoms with Crippen LogP contribution in [0.15, 0.2) is 12.7 Å². The second kappa shape index (κ2) is 5.80. The van der Waals surface area contributed by atoms with E-state index in [-0.39, 0.29) is 5.54 Å². The van der Waals surface area contributed by atoms with Crippen LogP contribution in [0.5, 0.6) is 0 Å². The van der Waals surface area contributed by atoms with Crippen LogP contribution in [0, 0.1) is 0 Å². The molecule has 1 aliphatic rings. The van der Waals surface area contributed by atoms with E-state index in [4.69, 9.17) is 0 Å². The van der Waals surface area contributed by atoms with E-state index in [1.54, 1.807) is 0 Å². The molecule has 1 fully saturated rings. The number of nitrogens with one attached hydrogen (secondary N) is 1. The minimum atomic E-state index is 0.262. The summed E-state index contributed by atoms with van der Waals surface area (Å²) >= 11 is 0. The van der Waals surface area contributed by atoms with E-state index in [1.807, 2.05) is 6.08 Å². The summed E-state index contributed by atoms with van der Waals surface area (Å²) in [5.74, 6) is 0. The summed E-state index contributed by atoms with van der Waals surface area (Å²) in [7, 11) is 4.29. The highest BCUT2D eigenvalue weighted by molar-refractivity contribution is 4.94. The Bertz CT molecular complexity index is 223. The highest BCUT2D eigenvalue weighted by Gasteiger charge is 2.33. The lowest BCUT2D eigenvalue weighted by molar-refractivity contribution is 0.0774. The molecule has 94 valence electrons. The lowest BCUT2D eigenvalue weighted by Crippen LogP contribution is -2.53.